The molecule has 1 aliphatic heterocycles. The summed E-state index contributed by atoms with van der Waals surface area (Å²) in [4.78, 5) is 25.5. The molecule has 0 saturated carbocycles. The molecule has 0 bridgehead atoms. The number of aliphatic carboxylic acids is 1. The summed E-state index contributed by atoms with van der Waals surface area (Å²) in [5.41, 5.74) is 0.939. The van der Waals surface area contributed by atoms with Crippen LogP contribution in [-0.2, 0) is 14.3 Å². The van der Waals surface area contributed by atoms with E-state index in [0.717, 1.165) is 22.1 Å². The summed E-state index contributed by atoms with van der Waals surface area (Å²) in [7, 11) is 1.64. The van der Waals surface area contributed by atoms with Gasteiger partial charge in [-0.1, -0.05) is 24.3 Å². The summed E-state index contributed by atoms with van der Waals surface area (Å²) in [6.07, 6.45) is -0.530. The van der Waals surface area contributed by atoms with Crippen molar-refractivity contribution >= 4 is 22.6 Å². The summed E-state index contributed by atoms with van der Waals surface area (Å²) < 4.78 is 10.7. The number of carbonyl (C=O) groups excluding carboxylic acids is 1. The highest BCUT2D eigenvalue weighted by molar-refractivity contribution is 5.88. The number of fused-ring (bicyclic) bond motifs is 1. The third kappa shape index (κ3) is 3.96. The lowest BCUT2D eigenvalue weighted by atomic mass is 9.96. The molecular weight excluding hydrogens is 334 g/mol. The maximum Gasteiger partial charge on any atom is 0.306 e. The van der Waals surface area contributed by atoms with E-state index in [-0.39, 0.29) is 18.2 Å². The van der Waals surface area contributed by atoms with Crippen LogP contribution in [0.25, 0.3) is 10.8 Å². The standard InChI is InChI=1S/C20H23NO5/c1-13(20(24)21-7-8-26-18(12-21)11-19(22)23)14-3-4-16-10-17(25-2)6-5-15(16)9-14/h3-6,9-10,13,18H,7-8,11-12H2,1-2H3,(H,22,23). The Labute approximate surface area is 152 Å². The fraction of sp³-hybridized carbons (Fsp3) is 0.400. The van der Waals surface area contributed by atoms with Gasteiger partial charge in [0.05, 0.1) is 32.2 Å². The molecule has 2 aromatic carbocycles. The molecule has 0 aliphatic carbocycles. The number of hydrogen-bond acceptors (Lipinski definition) is 4. The van der Waals surface area contributed by atoms with E-state index >= 15 is 0 Å². The summed E-state index contributed by atoms with van der Waals surface area (Å²) in [5, 5.41) is 11.0. The van der Waals surface area contributed by atoms with Gasteiger partial charge in [-0.15, -0.1) is 0 Å². The number of rotatable bonds is 5. The van der Waals surface area contributed by atoms with Gasteiger partial charge < -0.3 is 19.5 Å². The van der Waals surface area contributed by atoms with Crippen molar-refractivity contribution in [2.75, 3.05) is 26.8 Å². The topological polar surface area (TPSA) is 76.1 Å². The van der Waals surface area contributed by atoms with Gasteiger partial charge in [0.2, 0.25) is 5.91 Å². The predicted molar refractivity (Wildman–Crippen MR) is 97.5 cm³/mol. The van der Waals surface area contributed by atoms with Gasteiger partial charge in [-0.2, -0.15) is 0 Å². The lowest BCUT2D eigenvalue weighted by molar-refractivity contribution is -0.148. The Kier molecular flexibility index (Phi) is 5.42. The van der Waals surface area contributed by atoms with Gasteiger partial charge >= 0.3 is 5.97 Å². The van der Waals surface area contributed by atoms with E-state index in [9.17, 15) is 9.59 Å². The number of morpholine rings is 1. The molecule has 6 nitrogen and oxygen atoms in total. The number of carboxylic acids is 1. The van der Waals surface area contributed by atoms with E-state index in [4.69, 9.17) is 14.6 Å². The number of hydrogen-bond donors (Lipinski definition) is 1. The van der Waals surface area contributed by atoms with Crippen molar-refractivity contribution < 1.29 is 24.2 Å². The molecule has 3 rings (SSSR count). The largest absolute Gasteiger partial charge is 0.497 e. The van der Waals surface area contributed by atoms with E-state index in [0.29, 0.717) is 19.7 Å². The third-order valence-electron chi connectivity index (χ3n) is 4.79. The minimum absolute atomic E-state index is 0.00319. The number of ether oxygens (including phenoxy) is 2. The van der Waals surface area contributed by atoms with Crippen LogP contribution in [0, 0.1) is 0 Å². The molecule has 1 aliphatic rings. The molecule has 0 radical (unpaired) electrons. The first-order valence-corrected chi connectivity index (χ1v) is 8.68. The van der Waals surface area contributed by atoms with Crippen molar-refractivity contribution in [2.45, 2.75) is 25.4 Å². The molecule has 6 heteroatoms. The Bertz CT molecular complexity index is 819. The summed E-state index contributed by atoms with van der Waals surface area (Å²) >= 11 is 0. The highest BCUT2D eigenvalue weighted by Crippen LogP contribution is 2.26. The summed E-state index contributed by atoms with van der Waals surface area (Å²) in [6, 6.07) is 11.8. The molecule has 1 amide bonds. The molecule has 0 spiro atoms. The maximum atomic E-state index is 12.9. The second-order valence-corrected chi connectivity index (χ2v) is 6.57. The van der Waals surface area contributed by atoms with Crippen LogP contribution in [-0.4, -0.2) is 54.8 Å². The van der Waals surface area contributed by atoms with E-state index in [1.807, 2.05) is 43.3 Å². The van der Waals surface area contributed by atoms with E-state index < -0.39 is 12.1 Å². The molecular formula is C20H23NO5. The first-order valence-electron chi connectivity index (χ1n) is 8.68. The molecule has 138 valence electrons. The quantitative estimate of drug-likeness (QED) is 0.890. The highest BCUT2D eigenvalue weighted by Gasteiger charge is 2.29. The fourth-order valence-electron chi connectivity index (χ4n) is 3.29. The van der Waals surface area contributed by atoms with Crippen molar-refractivity contribution in [1.82, 2.24) is 4.90 Å². The lowest BCUT2D eigenvalue weighted by Gasteiger charge is -2.34. The van der Waals surface area contributed by atoms with Gasteiger partial charge in [0.15, 0.2) is 0 Å². The van der Waals surface area contributed by atoms with E-state index in [1.165, 1.54) is 0 Å². The molecule has 26 heavy (non-hydrogen) atoms. The first kappa shape index (κ1) is 18.2. The zero-order valence-electron chi connectivity index (χ0n) is 15.0. The Morgan fingerprint density at radius 1 is 1.27 bits per heavy atom. The smallest absolute Gasteiger partial charge is 0.306 e. The predicted octanol–water partition coefficient (Wildman–Crippen LogP) is 2.65. The van der Waals surface area contributed by atoms with Gasteiger partial charge in [-0.25, -0.2) is 0 Å². The van der Waals surface area contributed by atoms with Gasteiger partial charge in [-0.3, -0.25) is 9.59 Å². The Morgan fingerprint density at radius 3 is 2.73 bits per heavy atom. The SMILES string of the molecule is COc1ccc2cc(C(C)C(=O)N3CCOC(CC(=O)O)C3)ccc2c1. The Hall–Kier alpha value is -2.60. The van der Waals surface area contributed by atoms with Gasteiger partial charge in [0.1, 0.15) is 5.75 Å². The molecule has 2 aromatic rings. The van der Waals surface area contributed by atoms with Gasteiger partial charge in [0.25, 0.3) is 0 Å². The highest BCUT2D eigenvalue weighted by atomic mass is 16.5. The second-order valence-electron chi connectivity index (χ2n) is 6.57. The molecule has 1 heterocycles. The number of methoxy groups -OCH3 is 1. The number of benzene rings is 2. The number of nitrogens with zero attached hydrogens (tertiary/aromatic N) is 1. The third-order valence-corrected chi connectivity index (χ3v) is 4.79. The minimum Gasteiger partial charge on any atom is -0.497 e. The first-order chi connectivity index (χ1) is 12.5. The number of amides is 1. The van der Waals surface area contributed by atoms with Crippen LogP contribution in [0.4, 0.5) is 0 Å². The van der Waals surface area contributed by atoms with Crippen molar-refractivity contribution in [3.63, 3.8) is 0 Å². The van der Waals surface area contributed by atoms with Crippen LogP contribution in [0.1, 0.15) is 24.8 Å². The fourth-order valence-corrected chi connectivity index (χ4v) is 3.29. The van der Waals surface area contributed by atoms with Crippen LogP contribution in [0.15, 0.2) is 36.4 Å². The van der Waals surface area contributed by atoms with E-state index in [2.05, 4.69) is 0 Å². The minimum atomic E-state index is -0.915. The maximum absolute atomic E-state index is 12.9. The molecule has 0 aromatic heterocycles. The van der Waals surface area contributed by atoms with Crippen LogP contribution in [0.5, 0.6) is 5.75 Å². The monoisotopic (exact) mass is 357 g/mol. The average molecular weight is 357 g/mol. The van der Waals surface area contributed by atoms with Crippen molar-refractivity contribution in [2.24, 2.45) is 0 Å². The van der Waals surface area contributed by atoms with Crippen LogP contribution >= 0.6 is 0 Å². The van der Waals surface area contributed by atoms with Gasteiger partial charge in [-0.05, 0) is 35.4 Å². The Balaban J connectivity index is 1.75. The summed E-state index contributed by atoms with van der Waals surface area (Å²) in [5.74, 6) is -0.420. The van der Waals surface area contributed by atoms with Crippen LogP contribution in [0.3, 0.4) is 0 Å². The zero-order valence-corrected chi connectivity index (χ0v) is 15.0. The lowest BCUT2D eigenvalue weighted by Crippen LogP contribution is -2.47. The normalized spacial score (nSPS) is 18.5. The Morgan fingerprint density at radius 2 is 2.00 bits per heavy atom. The molecule has 2 unspecified atom stereocenters. The van der Waals surface area contributed by atoms with E-state index in [1.54, 1.807) is 12.0 Å². The zero-order chi connectivity index (χ0) is 18.7. The molecule has 1 fully saturated rings. The van der Waals surface area contributed by atoms with Gasteiger partial charge in [0, 0.05) is 13.1 Å². The molecule has 1 saturated heterocycles. The van der Waals surface area contributed by atoms with Crippen molar-refractivity contribution in [3.8, 4) is 5.75 Å². The second kappa shape index (κ2) is 7.74. The molecule has 2 atom stereocenters. The van der Waals surface area contributed by atoms with Crippen LogP contribution in [0.2, 0.25) is 0 Å². The summed E-state index contributed by atoms with van der Waals surface area (Å²) in [6.45, 7) is 3.06. The van der Waals surface area contributed by atoms with Crippen molar-refractivity contribution in [1.29, 1.82) is 0 Å². The average Bonchev–Trinajstić information content (AvgIpc) is 2.65. The van der Waals surface area contributed by atoms with Crippen LogP contribution < -0.4 is 4.74 Å². The number of carbonyl (C=O) groups is 2. The number of carboxylic acid groups (broad SMARTS) is 1. The van der Waals surface area contributed by atoms with Crippen molar-refractivity contribution in [3.05, 3.63) is 42.0 Å². The molecule has 1 N–H and O–H groups in total.